The van der Waals surface area contributed by atoms with E-state index in [-0.39, 0.29) is 24.5 Å². The number of hydrazone groups is 1. The van der Waals surface area contributed by atoms with E-state index in [1.165, 1.54) is 15.3 Å². The maximum Gasteiger partial charge on any atom is 0.281 e. The van der Waals surface area contributed by atoms with Gasteiger partial charge in [-0.15, -0.1) is 22.7 Å². The smallest absolute Gasteiger partial charge is 0.281 e. The van der Waals surface area contributed by atoms with Crippen molar-refractivity contribution in [2.24, 2.45) is 11.0 Å². The Bertz CT molecular complexity index is 1370. The van der Waals surface area contributed by atoms with Gasteiger partial charge in [-0.25, -0.2) is 5.01 Å². The summed E-state index contributed by atoms with van der Waals surface area (Å²) in [4.78, 5) is 15.8. The minimum absolute atomic E-state index is 0.0340. The molecule has 0 N–H and O–H groups in total. The molecular formula is C28H24N2O2S2. The summed E-state index contributed by atoms with van der Waals surface area (Å²) in [6, 6.07) is 22.4. The molecule has 0 unspecified atom stereocenters. The Labute approximate surface area is 206 Å². The van der Waals surface area contributed by atoms with Crippen LogP contribution in [0.15, 0.2) is 88.2 Å². The quantitative estimate of drug-likeness (QED) is 0.301. The zero-order chi connectivity index (χ0) is 22.9. The molecule has 0 saturated heterocycles. The summed E-state index contributed by atoms with van der Waals surface area (Å²) in [5.41, 5.74) is 2.32. The van der Waals surface area contributed by atoms with Crippen LogP contribution in [-0.4, -0.2) is 23.2 Å². The summed E-state index contributed by atoms with van der Waals surface area (Å²) in [6.07, 6.45) is 5.40. The van der Waals surface area contributed by atoms with Crippen LogP contribution in [-0.2, 0) is 4.79 Å². The van der Waals surface area contributed by atoms with Crippen molar-refractivity contribution < 1.29 is 9.53 Å². The van der Waals surface area contributed by atoms with E-state index in [0.717, 1.165) is 35.7 Å². The van der Waals surface area contributed by atoms with E-state index >= 15 is 0 Å². The Balaban J connectivity index is 1.28. The predicted octanol–water partition coefficient (Wildman–Crippen LogP) is 7.16. The lowest BCUT2D eigenvalue weighted by atomic mass is 9.79. The molecular weight excluding hydrogens is 460 g/mol. The Morgan fingerprint density at radius 2 is 1.88 bits per heavy atom. The summed E-state index contributed by atoms with van der Waals surface area (Å²) >= 11 is 3.43. The Morgan fingerprint density at radius 3 is 2.71 bits per heavy atom. The number of carbonyl (C=O) groups excluding carboxylic acids is 1. The SMILES string of the molecule is O=C(COc1ccc2ccccc2c1)N1N=C2/C(=C\c3cccs3)CCC[C@@H]2[C@H]1c1cccs1. The molecule has 2 aromatic carbocycles. The van der Waals surface area contributed by atoms with E-state index in [2.05, 4.69) is 53.2 Å². The van der Waals surface area contributed by atoms with E-state index in [1.807, 2.05) is 30.3 Å². The number of nitrogens with zero attached hydrogens (tertiary/aromatic N) is 2. The van der Waals surface area contributed by atoms with Gasteiger partial charge in [0.2, 0.25) is 0 Å². The zero-order valence-corrected chi connectivity index (χ0v) is 20.2. The molecule has 0 bridgehead atoms. The maximum atomic E-state index is 13.4. The lowest BCUT2D eigenvalue weighted by Gasteiger charge is -2.28. The number of fused-ring (bicyclic) bond motifs is 2. The number of rotatable bonds is 5. The standard InChI is InChI=1S/C28H24N2O2S2/c31-26(18-32-22-13-12-19-6-1-2-7-20(19)16-22)30-28(25-11-5-15-34-25)24-10-3-8-21(27(24)29-30)17-23-9-4-14-33-23/h1-2,4-7,9,11-17,24,28H,3,8,10,18H2/b21-17-/t24-,28-/m0/s1. The van der Waals surface area contributed by atoms with Gasteiger partial charge < -0.3 is 4.74 Å². The van der Waals surface area contributed by atoms with Crippen molar-refractivity contribution in [3.05, 3.63) is 92.8 Å². The first-order chi connectivity index (χ1) is 16.8. The number of carbonyl (C=O) groups is 1. The molecule has 6 rings (SSSR count). The average Bonchev–Trinajstić information content (AvgIpc) is 3.63. The molecule has 4 aromatic rings. The van der Waals surface area contributed by atoms with Crippen LogP contribution >= 0.6 is 22.7 Å². The van der Waals surface area contributed by atoms with Gasteiger partial charge in [-0.1, -0.05) is 42.5 Å². The fourth-order valence-corrected chi connectivity index (χ4v) is 6.52. The first-order valence-electron chi connectivity index (χ1n) is 11.6. The van der Waals surface area contributed by atoms with Crippen molar-refractivity contribution in [1.29, 1.82) is 0 Å². The first kappa shape index (κ1) is 21.3. The highest BCUT2D eigenvalue weighted by Crippen LogP contribution is 2.45. The molecule has 1 amide bonds. The van der Waals surface area contributed by atoms with Gasteiger partial charge in [0, 0.05) is 15.7 Å². The minimum Gasteiger partial charge on any atom is -0.484 e. The number of amides is 1. The monoisotopic (exact) mass is 484 g/mol. The molecule has 6 heteroatoms. The van der Waals surface area contributed by atoms with Crippen molar-refractivity contribution in [2.75, 3.05) is 6.61 Å². The molecule has 1 fully saturated rings. The van der Waals surface area contributed by atoms with Gasteiger partial charge in [-0.05, 0) is 76.7 Å². The summed E-state index contributed by atoms with van der Waals surface area (Å²) < 4.78 is 5.95. The first-order valence-corrected chi connectivity index (χ1v) is 13.3. The highest BCUT2D eigenvalue weighted by Gasteiger charge is 2.44. The second-order valence-corrected chi connectivity index (χ2v) is 10.6. The molecule has 1 saturated carbocycles. The van der Waals surface area contributed by atoms with Crippen LogP contribution < -0.4 is 4.74 Å². The molecule has 4 nitrogen and oxygen atoms in total. The van der Waals surface area contributed by atoms with Gasteiger partial charge in [0.05, 0.1) is 11.8 Å². The third-order valence-corrected chi connectivity index (χ3v) is 8.30. The highest BCUT2D eigenvalue weighted by molar-refractivity contribution is 7.11. The predicted molar refractivity (Wildman–Crippen MR) is 140 cm³/mol. The van der Waals surface area contributed by atoms with Gasteiger partial charge in [0.1, 0.15) is 5.75 Å². The Kier molecular flexibility index (Phi) is 5.77. The van der Waals surface area contributed by atoms with Gasteiger partial charge in [0.25, 0.3) is 5.91 Å². The lowest BCUT2D eigenvalue weighted by molar-refractivity contribution is -0.135. The van der Waals surface area contributed by atoms with Crippen LogP contribution in [0.4, 0.5) is 0 Å². The average molecular weight is 485 g/mol. The van der Waals surface area contributed by atoms with E-state index in [0.29, 0.717) is 5.75 Å². The van der Waals surface area contributed by atoms with Crippen molar-refractivity contribution in [3.63, 3.8) is 0 Å². The van der Waals surface area contributed by atoms with Gasteiger partial charge in [-0.2, -0.15) is 5.10 Å². The van der Waals surface area contributed by atoms with Gasteiger partial charge in [0.15, 0.2) is 6.61 Å². The van der Waals surface area contributed by atoms with E-state index < -0.39 is 0 Å². The van der Waals surface area contributed by atoms with Crippen LogP contribution in [0.3, 0.4) is 0 Å². The second-order valence-electron chi connectivity index (χ2n) is 8.67. The Morgan fingerprint density at radius 1 is 1.03 bits per heavy atom. The fraction of sp³-hybridized carbons (Fsp3) is 0.214. The number of allylic oxidation sites excluding steroid dienone is 1. The van der Waals surface area contributed by atoms with Gasteiger partial charge in [-0.3, -0.25) is 4.79 Å². The summed E-state index contributed by atoms with van der Waals surface area (Å²) in [5, 5.41) is 13.0. The summed E-state index contributed by atoms with van der Waals surface area (Å²) in [5.74, 6) is 0.814. The van der Waals surface area contributed by atoms with Crippen molar-refractivity contribution >= 4 is 51.1 Å². The van der Waals surface area contributed by atoms with Crippen molar-refractivity contribution in [1.82, 2.24) is 5.01 Å². The minimum atomic E-state index is -0.107. The van der Waals surface area contributed by atoms with Crippen LogP contribution in [0.5, 0.6) is 5.75 Å². The number of ether oxygens (including phenoxy) is 1. The van der Waals surface area contributed by atoms with E-state index in [4.69, 9.17) is 9.84 Å². The number of hydrogen-bond acceptors (Lipinski definition) is 5. The van der Waals surface area contributed by atoms with Crippen LogP contribution in [0.25, 0.3) is 16.8 Å². The third kappa shape index (κ3) is 4.08. The summed E-state index contributed by atoms with van der Waals surface area (Å²) in [7, 11) is 0. The van der Waals surface area contributed by atoms with E-state index in [9.17, 15) is 4.79 Å². The van der Waals surface area contributed by atoms with Crippen LogP contribution in [0.1, 0.15) is 35.1 Å². The van der Waals surface area contributed by atoms with Crippen LogP contribution in [0.2, 0.25) is 0 Å². The van der Waals surface area contributed by atoms with Crippen molar-refractivity contribution in [3.8, 4) is 5.75 Å². The zero-order valence-electron chi connectivity index (χ0n) is 18.6. The second kappa shape index (κ2) is 9.20. The van der Waals surface area contributed by atoms with Crippen molar-refractivity contribution in [2.45, 2.75) is 25.3 Å². The molecule has 3 heterocycles. The topological polar surface area (TPSA) is 41.9 Å². The lowest BCUT2D eigenvalue weighted by Crippen LogP contribution is -2.34. The molecule has 170 valence electrons. The number of thiophene rings is 2. The molecule has 2 atom stereocenters. The molecule has 0 radical (unpaired) electrons. The molecule has 2 aromatic heterocycles. The molecule has 1 aliphatic carbocycles. The van der Waals surface area contributed by atoms with Gasteiger partial charge >= 0.3 is 0 Å². The molecule has 2 aliphatic rings. The highest BCUT2D eigenvalue weighted by atomic mass is 32.1. The maximum absolute atomic E-state index is 13.4. The number of benzene rings is 2. The summed E-state index contributed by atoms with van der Waals surface area (Å²) in [6.45, 7) is -0.0340. The molecule has 34 heavy (non-hydrogen) atoms. The fourth-order valence-electron chi connectivity index (χ4n) is 4.96. The van der Waals surface area contributed by atoms with Crippen LogP contribution in [0, 0.1) is 5.92 Å². The largest absolute Gasteiger partial charge is 0.484 e. The normalized spacial score (nSPS) is 21.0. The Hall–Kier alpha value is -3.22. The molecule has 1 aliphatic heterocycles. The van der Waals surface area contributed by atoms with E-state index in [1.54, 1.807) is 27.7 Å². The third-order valence-electron chi connectivity index (χ3n) is 6.53. The molecule has 0 spiro atoms. The number of hydrogen-bond donors (Lipinski definition) is 0.